The van der Waals surface area contributed by atoms with E-state index in [9.17, 15) is 21.6 Å². The zero-order valence-electron chi connectivity index (χ0n) is 16.4. The predicted octanol–water partition coefficient (Wildman–Crippen LogP) is 2.50. The number of nitrogens with one attached hydrogen (secondary N) is 1. The summed E-state index contributed by atoms with van der Waals surface area (Å²) in [5.41, 5.74) is 0.223. The standard InChI is InChI=1S/C19H20Cl2N2O6S2/c1-29-15-4-2-14(3-5-15)23(11-19(24)22-13-8-9-30(25,26)12-13)31(27,28)16-6-7-17(20)18(21)10-16/h2-7,10,13H,8-9,11-12H2,1H3,(H,22,24)/t13-/m0/s1. The molecule has 31 heavy (non-hydrogen) atoms. The number of sulfonamides is 1. The summed E-state index contributed by atoms with van der Waals surface area (Å²) in [6, 6.07) is 9.43. The van der Waals surface area contributed by atoms with Crippen LogP contribution in [0.2, 0.25) is 10.0 Å². The average Bonchev–Trinajstić information content (AvgIpc) is 3.06. The van der Waals surface area contributed by atoms with E-state index in [4.69, 9.17) is 27.9 Å². The first kappa shape index (κ1) is 23.6. The van der Waals surface area contributed by atoms with Crippen LogP contribution in [0.5, 0.6) is 5.75 Å². The molecule has 0 radical (unpaired) electrons. The van der Waals surface area contributed by atoms with Crippen molar-refractivity contribution >= 4 is 54.7 Å². The molecule has 0 unspecified atom stereocenters. The van der Waals surface area contributed by atoms with Gasteiger partial charge in [-0.05, 0) is 48.9 Å². The first-order chi connectivity index (χ1) is 14.5. The van der Waals surface area contributed by atoms with Crippen molar-refractivity contribution in [3.05, 3.63) is 52.5 Å². The van der Waals surface area contributed by atoms with Gasteiger partial charge in [0, 0.05) is 6.04 Å². The van der Waals surface area contributed by atoms with Gasteiger partial charge in [0.25, 0.3) is 10.0 Å². The fourth-order valence-corrected chi connectivity index (χ4v) is 6.62. The van der Waals surface area contributed by atoms with E-state index in [2.05, 4.69) is 5.32 Å². The maximum Gasteiger partial charge on any atom is 0.264 e. The fourth-order valence-electron chi connectivity index (χ4n) is 3.14. The molecule has 1 saturated heterocycles. The van der Waals surface area contributed by atoms with Crippen molar-refractivity contribution in [3.8, 4) is 5.75 Å². The van der Waals surface area contributed by atoms with Gasteiger partial charge in [0.05, 0.1) is 39.2 Å². The van der Waals surface area contributed by atoms with Gasteiger partial charge in [0.2, 0.25) is 5.91 Å². The minimum atomic E-state index is -4.19. The molecule has 168 valence electrons. The van der Waals surface area contributed by atoms with Crippen LogP contribution in [0.3, 0.4) is 0 Å². The molecule has 1 aliphatic heterocycles. The summed E-state index contributed by atoms with van der Waals surface area (Å²) in [7, 11) is -5.92. The highest BCUT2D eigenvalue weighted by atomic mass is 35.5. The molecule has 1 atom stereocenters. The second-order valence-electron chi connectivity index (χ2n) is 6.95. The molecule has 1 fully saturated rings. The summed E-state index contributed by atoms with van der Waals surface area (Å²) >= 11 is 11.9. The summed E-state index contributed by atoms with van der Waals surface area (Å²) in [5, 5.41) is 2.85. The van der Waals surface area contributed by atoms with E-state index < -0.39 is 38.4 Å². The molecule has 2 aromatic rings. The molecule has 12 heteroatoms. The van der Waals surface area contributed by atoms with Crippen molar-refractivity contribution < 1.29 is 26.4 Å². The Bertz CT molecular complexity index is 1180. The number of hydrogen-bond acceptors (Lipinski definition) is 6. The molecule has 2 aromatic carbocycles. The smallest absolute Gasteiger partial charge is 0.264 e. The number of benzene rings is 2. The molecular weight excluding hydrogens is 487 g/mol. The van der Waals surface area contributed by atoms with E-state index in [1.54, 1.807) is 12.1 Å². The van der Waals surface area contributed by atoms with Crippen molar-refractivity contribution in [2.24, 2.45) is 0 Å². The Hall–Kier alpha value is -2.01. The molecule has 3 rings (SSSR count). The van der Waals surface area contributed by atoms with E-state index in [0.717, 1.165) is 4.31 Å². The molecule has 1 aliphatic rings. The first-order valence-electron chi connectivity index (χ1n) is 9.13. The zero-order chi connectivity index (χ0) is 22.8. The molecule has 8 nitrogen and oxygen atoms in total. The number of sulfone groups is 1. The van der Waals surface area contributed by atoms with Crippen molar-refractivity contribution in [2.45, 2.75) is 17.4 Å². The number of rotatable bonds is 7. The minimum absolute atomic E-state index is 0.0122. The van der Waals surface area contributed by atoms with Crippen molar-refractivity contribution in [2.75, 3.05) is 29.5 Å². The first-order valence-corrected chi connectivity index (χ1v) is 13.2. The molecule has 1 amide bonds. The Morgan fingerprint density at radius 2 is 1.84 bits per heavy atom. The van der Waals surface area contributed by atoms with E-state index in [0.29, 0.717) is 5.75 Å². The lowest BCUT2D eigenvalue weighted by molar-refractivity contribution is -0.120. The summed E-state index contributed by atoms with van der Waals surface area (Å²) in [6.45, 7) is -0.550. The number of carbonyl (C=O) groups is 1. The van der Waals surface area contributed by atoms with Crippen LogP contribution in [0.1, 0.15) is 6.42 Å². The number of halogens is 2. The average molecular weight is 507 g/mol. The molecule has 1 N–H and O–H groups in total. The van der Waals surface area contributed by atoms with E-state index in [1.807, 2.05) is 0 Å². The summed E-state index contributed by atoms with van der Waals surface area (Å²) in [6.07, 6.45) is 0.288. The largest absolute Gasteiger partial charge is 0.497 e. The predicted molar refractivity (Wildman–Crippen MR) is 119 cm³/mol. The Balaban J connectivity index is 1.92. The normalized spacial score (nSPS) is 17.8. The summed E-state index contributed by atoms with van der Waals surface area (Å²) in [5.74, 6) is -0.291. The van der Waals surface area contributed by atoms with Crippen molar-refractivity contribution in [1.82, 2.24) is 5.32 Å². The van der Waals surface area contributed by atoms with Gasteiger partial charge in [-0.3, -0.25) is 9.10 Å². The molecule has 0 bridgehead atoms. The highest BCUT2D eigenvalue weighted by Crippen LogP contribution is 2.30. The van der Waals surface area contributed by atoms with E-state index in [1.165, 1.54) is 37.4 Å². The molecule has 0 aliphatic carbocycles. The second-order valence-corrected chi connectivity index (χ2v) is 11.9. The Labute approximate surface area is 191 Å². The van der Waals surface area contributed by atoms with Crippen LogP contribution >= 0.6 is 23.2 Å². The molecule has 1 heterocycles. The second kappa shape index (κ2) is 9.23. The SMILES string of the molecule is COc1ccc(N(CC(=O)N[C@H]2CCS(=O)(=O)C2)S(=O)(=O)c2ccc(Cl)c(Cl)c2)cc1. The van der Waals surface area contributed by atoms with Gasteiger partial charge in [0.15, 0.2) is 9.84 Å². The summed E-state index contributed by atoms with van der Waals surface area (Å²) < 4.78 is 56.0. The van der Waals surface area contributed by atoms with Gasteiger partial charge >= 0.3 is 0 Å². The van der Waals surface area contributed by atoms with Crippen LogP contribution in [0.25, 0.3) is 0 Å². The van der Waals surface area contributed by atoms with Crippen LogP contribution < -0.4 is 14.4 Å². The van der Waals surface area contributed by atoms with Gasteiger partial charge in [-0.1, -0.05) is 23.2 Å². The molecule has 0 spiro atoms. The molecule has 0 saturated carbocycles. The number of ether oxygens (including phenoxy) is 1. The number of carbonyl (C=O) groups excluding carboxylic acids is 1. The third-order valence-corrected chi connectivity index (χ3v) is 9.00. The third-order valence-electron chi connectivity index (χ3n) is 4.72. The number of anilines is 1. The number of amides is 1. The minimum Gasteiger partial charge on any atom is -0.497 e. The van der Waals surface area contributed by atoms with Gasteiger partial charge in [0.1, 0.15) is 12.3 Å². The lowest BCUT2D eigenvalue weighted by Crippen LogP contribution is -2.44. The van der Waals surface area contributed by atoms with Gasteiger partial charge in [-0.15, -0.1) is 0 Å². The van der Waals surface area contributed by atoms with E-state index in [-0.39, 0.29) is 38.6 Å². The highest BCUT2D eigenvalue weighted by molar-refractivity contribution is 7.93. The number of methoxy groups -OCH3 is 1. The van der Waals surface area contributed by atoms with Crippen LogP contribution in [0.15, 0.2) is 47.4 Å². The van der Waals surface area contributed by atoms with Crippen LogP contribution in [0, 0.1) is 0 Å². The quantitative estimate of drug-likeness (QED) is 0.617. The Morgan fingerprint density at radius 1 is 1.16 bits per heavy atom. The van der Waals surface area contributed by atoms with Crippen LogP contribution in [-0.4, -0.2) is 53.9 Å². The number of hydrogen-bond donors (Lipinski definition) is 1. The van der Waals surface area contributed by atoms with E-state index >= 15 is 0 Å². The molecular formula is C19H20Cl2N2O6S2. The zero-order valence-corrected chi connectivity index (χ0v) is 19.6. The lowest BCUT2D eigenvalue weighted by atomic mass is 10.2. The molecule has 0 aromatic heterocycles. The number of nitrogens with zero attached hydrogens (tertiary/aromatic N) is 1. The monoisotopic (exact) mass is 506 g/mol. The van der Waals surface area contributed by atoms with Crippen molar-refractivity contribution in [3.63, 3.8) is 0 Å². The maximum atomic E-state index is 13.3. The highest BCUT2D eigenvalue weighted by Gasteiger charge is 2.32. The van der Waals surface area contributed by atoms with Crippen molar-refractivity contribution in [1.29, 1.82) is 0 Å². The van der Waals surface area contributed by atoms with Crippen LogP contribution in [-0.2, 0) is 24.7 Å². The van der Waals surface area contributed by atoms with Gasteiger partial charge in [-0.25, -0.2) is 16.8 Å². The fraction of sp³-hybridized carbons (Fsp3) is 0.316. The van der Waals surface area contributed by atoms with Gasteiger partial charge in [-0.2, -0.15) is 0 Å². The third kappa shape index (κ3) is 5.62. The Kier molecular flexibility index (Phi) is 7.04. The maximum absolute atomic E-state index is 13.3. The summed E-state index contributed by atoms with van der Waals surface area (Å²) in [4.78, 5) is 12.5. The van der Waals surface area contributed by atoms with Gasteiger partial charge < -0.3 is 10.1 Å². The lowest BCUT2D eigenvalue weighted by Gasteiger charge is -2.25. The topological polar surface area (TPSA) is 110 Å². The Morgan fingerprint density at radius 3 is 2.39 bits per heavy atom. The van der Waals surface area contributed by atoms with Crippen LogP contribution in [0.4, 0.5) is 5.69 Å².